The minimum absolute atomic E-state index is 0.231. The molecule has 0 unspecified atom stereocenters. The first-order chi connectivity index (χ1) is 8.97. The van der Waals surface area contributed by atoms with E-state index < -0.39 is 0 Å². The molecule has 0 aliphatic carbocycles. The van der Waals surface area contributed by atoms with Crippen molar-refractivity contribution in [1.82, 2.24) is 0 Å². The highest BCUT2D eigenvalue weighted by molar-refractivity contribution is 9.10. The van der Waals surface area contributed by atoms with Crippen LogP contribution in [0.4, 0.5) is 10.1 Å². The fourth-order valence-corrected chi connectivity index (χ4v) is 2.63. The van der Waals surface area contributed by atoms with Crippen molar-refractivity contribution in [3.8, 4) is 0 Å². The molecule has 0 saturated carbocycles. The van der Waals surface area contributed by atoms with E-state index >= 15 is 0 Å². The molecule has 0 aliphatic heterocycles. The third kappa shape index (κ3) is 3.57. The maximum atomic E-state index is 13.0. The van der Waals surface area contributed by atoms with Gasteiger partial charge in [0.15, 0.2) is 0 Å². The van der Waals surface area contributed by atoms with Gasteiger partial charge in [-0.25, -0.2) is 4.39 Å². The van der Waals surface area contributed by atoms with Crippen molar-refractivity contribution in [1.29, 1.82) is 0 Å². The van der Waals surface area contributed by atoms with Crippen molar-refractivity contribution >= 4 is 37.5 Å². The molecule has 2 aromatic rings. The Morgan fingerprint density at radius 1 is 1.05 bits per heavy atom. The lowest BCUT2D eigenvalue weighted by Gasteiger charge is -2.11. The van der Waals surface area contributed by atoms with Crippen LogP contribution >= 0.6 is 31.9 Å². The van der Waals surface area contributed by atoms with Gasteiger partial charge >= 0.3 is 0 Å². The van der Waals surface area contributed by atoms with E-state index in [1.807, 2.05) is 0 Å². The smallest absolute Gasteiger partial charge is 0.124 e. The Labute approximate surface area is 129 Å². The standard InChI is InChI=1S/C15H14Br2FN/c1-9-5-13(6-10(2)15(9)17)19-8-11-3-4-12(18)7-14(11)16/h3-7,19H,8H2,1-2H3. The van der Waals surface area contributed by atoms with Gasteiger partial charge in [-0.05, 0) is 54.8 Å². The van der Waals surface area contributed by atoms with Crippen LogP contribution in [0, 0.1) is 19.7 Å². The first-order valence-corrected chi connectivity index (χ1v) is 7.50. The summed E-state index contributed by atoms with van der Waals surface area (Å²) in [5.41, 5.74) is 4.48. The van der Waals surface area contributed by atoms with E-state index in [0.717, 1.165) is 20.2 Å². The second-order valence-electron chi connectivity index (χ2n) is 4.51. The highest BCUT2D eigenvalue weighted by Gasteiger charge is 2.04. The van der Waals surface area contributed by atoms with Gasteiger partial charge in [0.2, 0.25) is 0 Å². The Hall–Kier alpha value is -0.870. The summed E-state index contributed by atoms with van der Waals surface area (Å²) >= 11 is 6.93. The van der Waals surface area contributed by atoms with E-state index in [1.165, 1.54) is 23.3 Å². The third-order valence-corrected chi connectivity index (χ3v) is 4.92. The molecule has 0 heterocycles. The number of aryl methyl sites for hydroxylation is 2. The zero-order valence-electron chi connectivity index (χ0n) is 10.7. The first-order valence-electron chi connectivity index (χ1n) is 5.92. The van der Waals surface area contributed by atoms with Crippen LogP contribution in [0.15, 0.2) is 39.3 Å². The number of hydrogen-bond acceptors (Lipinski definition) is 1. The lowest BCUT2D eigenvalue weighted by atomic mass is 10.1. The molecule has 0 radical (unpaired) electrons. The van der Waals surface area contributed by atoms with Crippen molar-refractivity contribution in [3.63, 3.8) is 0 Å². The largest absolute Gasteiger partial charge is 0.381 e. The number of halogens is 3. The van der Waals surface area contributed by atoms with Gasteiger partial charge in [0, 0.05) is 21.2 Å². The van der Waals surface area contributed by atoms with E-state index in [9.17, 15) is 4.39 Å². The number of anilines is 1. The highest BCUT2D eigenvalue weighted by atomic mass is 79.9. The number of hydrogen-bond donors (Lipinski definition) is 1. The summed E-state index contributed by atoms with van der Waals surface area (Å²) in [5.74, 6) is -0.231. The van der Waals surface area contributed by atoms with Crippen molar-refractivity contribution in [3.05, 3.63) is 61.8 Å². The average molecular weight is 387 g/mol. The molecule has 2 rings (SSSR count). The van der Waals surface area contributed by atoms with Gasteiger partial charge in [0.05, 0.1) is 0 Å². The summed E-state index contributed by atoms with van der Waals surface area (Å²) in [6.07, 6.45) is 0. The Morgan fingerprint density at radius 2 is 1.68 bits per heavy atom. The second kappa shape index (κ2) is 6.06. The van der Waals surface area contributed by atoms with Crippen molar-refractivity contribution < 1.29 is 4.39 Å². The fraction of sp³-hybridized carbons (Fsp3) is 0.200. The van der Waals surface area contributed by atoms with Crippen LogP contribution in [0.5, 0.6) is 0 Å². The summed E-state index contributed by atoms with van der Waals surface area (Å²) in [5, 5.41) is 3.36. The molecule has 0 aliphatic rings. The summed E-state index contributed by atoms with van der Waals surface area (Å²) in [4.78, 5) is 0. The van der Waals surface area contributed by atoms with E-state index in [0.29, 0.717) is 6.54 Å². The SMILES string of the molecule is Cc1cc(NCc2ccc(F)cc2Br)cc(C)c1Br. The third-order valence-electron chi connectivity index (χ3n) is 2.93. The molecular weight excluding hydrogens is 373 g/mol. The summed E-state index contributed by atoms with van der Waals surface area (Å²) in [6, 6.07) is 8.92. The summed E-state index contributed by atoms with van der Waals surface area (Å²) in [7, 11) is 0. The average Bonchev–Trinajstić information content (AvgIpc) is 2.34. The quantitative estimate of drug-likeness (QED) is 0.725. The topological polar surface area (TPSA) is 12.0 Å². The lowest BCUT2D eigenvalue weighted by molar-refractivity contribution is 0.626. The molecule has 0 spiro atoms. The lowest BCUT2D eigenvalue weighted by Crippen LogP contribution is -2.01. The van der Waals surface area contributed by atoms with E-state index in [2.05, 4.69) is 63.2 Å². The van der Waals surface area contributed by atoms with Crippen molar-refractivity contribution in [2.75, 3.05) is 5.32 Å². The maximum absolute atomic E-state index is 13.0. The van der Waals surface area contributed by atoms with Gasteiger partial charge in [0.25, 0.3) is 0 Å². The molecule has 0 aromatic heterocycles. The van der Waals surface area contributed by atoms with Crippen LogP contribution in [-0.2, 0) is 6.54 Å². The number of nitrogens with one attached hydrogen (secondary N) is 1. The van der Waals surface area contributed by atoms with Gasteiger partial charge in [0.1, 0.15) is 5.82 Å². The molecule has 2 aromatic carbocycles. The number of rotatable bonds is 3. The predicted octanol–water partition coefficient (Wildman–Crippen LogP) is 5.58. The van der Waals surface area contributed by atoms with Crippen LogP contribution in [-0.4, -0.2) is 0 Å². The minimum atomic E-state index is -0.231. The van der Waals surface area contributed by atoms with E-state index in [1.54, 1.807) is 6.07 Å². The molecule has 0 atom stereocenters. The Bertz CT molecular complexity index is 588. The zero-order valence-corrected chi connectivity index (χ0v) is 13.9. The monoisotopic (exact) mass is 385 g/mol. The van der Waals surface area contributed by atoms with E-state index in [-0.39, 0.29) is 5.82 Å². The molecule has 0 fully saturated rings. The fourth-order valence-electron chi connectivity index (χ4n) is 1.91. The summed E-state index contributed by atoms with van der Waals surface area (Å²) < 4.78 is 14.9. The molecule has 19 heavy (non-hydrogen) atoms. The molecule has 4 heteroatoms. The second-order valence-corrected chi connectivity index (χ2v) is 6.16. The van der Waals surface area contributed by atoms with E-state index in [4.69, 9.17) is 0 Å². The first kappa shape index (κ1) is 14.5. The molecular formula is C15H14Br2FN. The van der Waals surface area contributed by atoms with Gasteiger partial charge in [-0.2, -0.15) is 0 Å². The Balaban J connectivity index is 2.14. The Kier molecular flexibility index (Phi) is 4.63. The van der Waals surface area contributed by atoms with Gasteiger partial charge < -0.3 is 5.32 Å². The molecule has 0 saturated heterocycles. The molecule has 0 bridgehead atoms. The van der Waals surface area contributed by atoms with Gasteiger partial charge in [-0.1, -0.05) is 37.9 Å². The van der Waals surface area contributed by atoms with Crippen LogP contribution in [0.25, 0.3) is 0 Å². The molecule has 0 amide bonds. The maximum Gasteiger partial charge on any atom is 0.124 e. The molecule has 1 N–H and O–H groups in total. The molecule has 100 valence electrons. The van der Waals surface area contributed by atoms with Crippen molar-refractivity contribution in [2.45, 2.75) is 20.4 Å². The zero-order chi connectivity index (χ0) is 14.0. The van der Waals surface area contributed by atoms with Gasteiger partial charge in [-0.3, -0.25) is 0 Å². The van der Waals surface area contributed by atoms with Crippen LogP contribution in [0.1, 0.15) is 16.7 Å². The predicted molar refractivity (Wildman–Crippen MR) is 85.0 cm³/mol. The Morgan fingerprint density at radius 3 is 2.26 bits per heavy atom. The van der Waals surface area contributed by atoms with Crippen LogP contribution < -0.4 is 5.32 Å². The highest BCUT2D eigenvalue weighted by Crippen LogP contribution is 2.26. The van der Waals surface area contributed by atoms with Crippen LogP contribution in [0.3, 0.4) is 0 Å². The van der Waals surface area contributed by atoms with Gasteiger partial charge in [-0.15, -0.1) is 0 Å². The molecule has 1 nitrogen and oxygen atoms in total. The summed E-state index contributed by atoms with van der Waals surface area (Å²) in [6.45, 7) is 4.79. The van der Waals surface area contributed by atoms with Crippen molar-refractivity contribution in [2.24, 2.45) is 0 Å². The number of benzene rings is 2. The normalized spacial score (nSPS) is 10.6. The minimum Gasteiger partial charge on any atom is -0.381 e. The van der Waals surface area contributed by atoms with Crippen LogP contribution in [0.2, 0.25) is 0 Å².